The van der Waals surface area contributed by atoms with Crippen LogP contribution < -0.4 is 9.80 Å². The van der Waals surface area contributed by atoms with Crippen molar-refractivity contribution in [3.63, 3.8) is 0 Å². The summed E-state index contributed by atoms with van der Waals surface area (Å²) >= 11 is 5.61. The van der Waals surface area contributed by atoms with Crippen molar-refractivity contribution in [1.29, 1.82) is 0 Å². The maximum Gasteiger partial charge on any atom is 0.0555 e. The number of aromatic nitrogens is 1. The first-order chi connectivity index (χ1) is 35.7. The molecule has 4 heterocycles. The molecule has 0 aliphatic carbocycles. The third-order valence-corrected chi connectivity index (χ3v) is 17.8. The van der Waals surface area contributed by atoms with Gasteiger partial charge < -0.3 is 14.4 Å². The topological polar surface area (TPSA) is 11.4 Å². The fraction of sp³-hybridized carbons (Fsp3) is 0. The van der Waals surface area contributed by atoms with Crippen molar-refractivity contribution in [1.82, 2.24) is 4.57 Å². The smallest absolute Gasteiger partial charge is 0.0555 e. The second-order valence-corrected chi connectivity index (χ2v) is 21.7. The van der Waals surface area contributed by atoms with Gasteiger partial charge in [-0.3, -0.25) is 0 Å². The minimum atomic E-state index is 1.06. The predicted octanol–water partition coefficient (Wildman–Crippen LogP) is 20.5. The number of fused-ring (bicyclic) bond motifs is 13. The van der Waals surface area contributed by atoms with E-state index in [-0.39, 0.29) is 0 Å². The molecule has 0 aliphatic rings. The van der Waals surface area contributed by atoms with Crippen LogP contribution in [0.4, 0.5) is 34.1 Å². The largest absolute Gasteiger partial charge is 0.310 e. The minimum Gasteiger partial charge on any atom is -0.310 e. The Kier molecular flexibility index (Phi) is 9.48. The lowest BCUT2D eigenvalue weighted by molar-refractivity contribution is 1.18. The molecule has 6 heteroatoms. The highest BCUT2D eigenvalue weighted by atomic mass is 32.1. The van der Waals surface area contributed by atoms with Gasteiger partial charge in [-0.25, -0.2) is 0 Å². The van der Waals surface area contributed by atoms with E-state index in [4.69, 9.17) is 0 Å². The first kappa shape index (κ1) is 41.3. The maximum absolute atomic E-state index is 2.47. The molecule has 0 unspecified atom stereocenters. The van der Waals surface area contributed by atoms with Crippen LogP contribution in [0.3, 0.4) is 0 Å². The second kappa shape index (κ2) is 16.5. The molecule has 338 valence electrons. The Morgan fingerprint density at radius 2 is 0.736 bits per heavy atom. The standard InChI is InChI=1S/C66H41N3S3/c1-4-16-44(17-5-1)67(47-29-34-63-56(40-47)52-23-11-13-25-60(52)70-63)49-36-43(37-50(39-49)68(45-18-6-2-7-19-45)48-30-35-64-57(41-48)53-24-12-14-26-61(53)71-64)42-28-31-55-59(38-42)69(46-20-8-3-9-21-46)58-33-32-54-51-22-10-15-27-62(51)72-66(54)65(55)58/h1-41H. The van der Waals surface area contributed by atoms with Crippen LogP contribution in [-0.2, 0) is 0 Å². The molecule has 11 aromatic carbocycles. The minimum absolute atomic E-state index is 1.06. The first-order valence-electron chi connectivity index (χ1n) is 24.3. The van der Waals surface area contributed by atoms with Gasteiger partial charge in [-0.1, -0.05) is 127 Å². The Morgan fingerprint density at radius 3 is 1.31 bits per heavy atom. The summed E-state index contributed by atoms with van der Waals surface area (Å²) in [5, 5.41) is 10.2. The molecule has 0 fully saturated rings. The quantitative estimate of drug-likeness (QED) is 0.150. The molecule has 0 spiro atoms. The Labute approximate surface area is 427 Å². The van der Waals surface area contributed by atoms with E-state index in [1.165, 1.54) is 82.3 Å². The third-order valence-electron chi connectivity index (χ3n) is 14.3. The fourth-order valence-corrected chi connectivity index (χ4v) is 14.5. The average molecular weight is 972 g/mol. The number of benzene rings is 11. The molecule has 0 radical (unpaired) electrons. The zero-order valence-corrected chi connectivity index (χ0v) is 41.2. The predicted molar refractivity (Wildman–Crippen MR) is 314 cm³/mol. The van der Waals surface area contributed by atoms with Crippen LogP contribution in [0.25, 0.3) is 99.1 Å². The van der Waals surface area contributed by atoms with Crippen molar-refractivity contribution in [3.8, 4) is 16.8 Å². The summed E-state index contributed by atoms with van der Waals surface area (Å²) in [6, 6.07) is 91.9. The Morgan fingerprint density at radius 1 is 0.264 bits per heavy atom. The lowest BCUT2D eigenvalue weighted by atomic mass is 10.00. The number of rotatable bonds is 8. The van der Waals surface area contributed by atoms with Crippen LogP contribution in [0, 0.1) is 0 Å². The van der Waals surface area contributed by atoms with E-state index in [0.29, 0.717) is 0 Å². The summed E-state index contributed by atoms with van der Waals surface area (Å²) in [7, 11) is 0. The monoisotopic (exact) mass is 971 g/mol. The van der Waals surface area contributed by atoms with Gasteiger partial charge in [-0.15, -0.1) is 34.0 Å². The van der Waals surface area contributed by atoms with E-state index in [1.807, 2.05) is 34.0 Å². The van der Waals surface area contributed by atoms with Gasteiger partial charge in [-0.2, -0.15) is 0 Å². The number of thiophene rings is 3. The molecule has 0 saturated heterocycles. The number of hydrogen-bond acceptors (Lipinski definition) is 5. The summed E-state index contributed by atoms with van der Waals surface area (Å²) in [5.41, 5.74) is 12.3. The van der Waals surface area contributed by atoms with Crippen LogP contribution in [0.15, 0.2) is 249 Å². The summed E-state index contributed by atoms with van der Waals surface area (Å²) < 4.78 is 10.3. The molecule has 0 N–H and O–H groups in total. The van der Waals surface area contributed by atoms with Crippen LogP contribution in [0.2, 0.25) is 0 Å². The van der Waals surface area contributed by atoms with E-state index in [0.717, 1.165) is 50.9 Å². The van der Waals surface area contributed by atoms with Crippen molar-refractivity contribution in [2.45, 2.75) is 0 Å². The van der Waals surface area contributed by atoms with Gasteiger partial charge in [0.2, 0.25) is 0 Å². The number of hydrogen-bond donors (Lipinski definition) is 0. The second-order valence-electron chi connectivity index (χ2n) is 18.5. The molecule has 3 nitrogen and oxygen atoms in total. The zero-order valence-electron chi connectivity index (χ0n) is 38.7. The van der Waals surface area contributed by atoms with Crippen LogP contribution >= 0.6 is 34.0 Å². The fourth-order valence-electron chi connectivity index (χ4n) is 11.1. The van der Waals surface area contributed by atoms with Crippen LogP contribution in [-0.4, -0.2) is 4.57 Å². The van der Waals surface area contributed by atoms with Crippen molar-refractivity contribution in [2.75, 3.05) is 9.80 Å². The SMILES string of the molecule is c1ccc(N(c2cc(-c3ccc4c5c6sc7ccccc7c6ccc5n(-c5ccccc5)c4c3)cc(N(c3ccccc3)c3ccc4sc5ccccc5c4c3)c2)c2ccc3sc4ccccc4c3c2)cc1. The Balaban J connectivity index is 1.01. The van der Waals surface area contributed by atoms with Gasteiger partial charge in [0.1, 0.15) is 0 Å². The molecular formula is C66H41N3S3. The van der Waals surface area contributed by atoms with E-state index >= 15 is 0 Å². The van der Waals surface area contributed by atoms with E-state index in [2.05, 4.69) is 263 Å². The number of nitrogens with zero attached hydrogens (tertiary/aromatic N) is 3. The van der Waals surface area contributed by atoms with Gasteiger partial charge in [0.25, 0.3) is 0 Å². The molecule has 0 amide bonds. The van der Waals surface area contributed by atoms with Gasteiger partial charge in [0.15, 0.2) is 0 Å². The lowest BCUT2D eigenvalue weighted by Gasteiger charge is -2.30. The Bertz CT molecular complexity index is 4410. The summed E-state index contributed by atoms with van der Waals surface area (Å²) in [4.78, 5) is 4.88. The van der Waals surface area contributed by atoms with Gasteiger partial charge in [-0.05, 0) is 132 Å². The summed E-state index contributed by atoms with van der Waals surface area (Å²) in [6.45, 7) is 0. The van der Waals surface area contributed by atoms with E-state index < -0.39 is 0 Å². The van der Waals surface area contributed by atoms with Crippen LogP contribution in [0.1, 0.15) is 0 Å². The average Bonchev–Trinajstić information content (AvgIpc) is 4.20. The maximum atomic E-state index is 2.47. The molecule has 15 aromatic rings. The molecule has 0 saturated carbocycles. The van der Waals surface area contributed by atoms with E-state index in [1.54, 1.807) is 0 Å². The highest BCUT2D eigenvalue weighted by Crippen LogP contribution is 2.48. The highest BCUT2D eigenvalue weighted by molar-refractivity contribution is 7.27. The highest BCUT2D eigenvalue weighted by Gasteiger charge is 2.23. The van der Waals surface area contributed by atoms with Crippen molar-refractivity contribution in [3.05, 3.63) is 249 Å². The van der Waals surface area contributed by atoms with Crippen LogP contribution in [0.5, 0.6) is 0 Å². The summed E-state index contributed by atoms with van der Waals surface area (Å²) in [5.74, 6) is 0. The van der Waals surface area contributed by atoms with Gasteiger partial charge >= 0.3 is 0 Å². The Hall–Kier alpha value is -8.52. The van der Waals surface area contributed by atoms with Crippen molar-refractivity contribution in [2.24, 2.45) is 0 Å². The third kappa shape index (κ3) is 6.61. The normalized spacial score (nSPS) is 11.9. The number of anilines is 6. The zero-order chi connectivity index (χ0) is 47.3. The van der Waals surface area contributed by atoms with Crippen molar-refractivity contribution < 1.29 is 0 Å². The first-order valence-corrected chi connectivity index (χ1v) is 26.8. The molecule has 0 bridgehead atoms. The molecular weight excluding hydrogens is 931 g/mol. The lowest BCUT2D eigenvalue weighted by Crippen LogP contribution is -2.13. The molecule has 72 heavy (non-hydrogen) atoms. The molecule has 15 rings (SSSR count). The molecule has 0 aliphatic heterocycles. The summed E-state index contributed by atoms with van der Waals surface area (Å²) in [6.07, 6.45) is 0. The molecule has 0 atom stereocenters. The van der Waals surface area contributed by atoms with Gasteiger partial charge in [0, 0.05) is 111 Å². The van der Waals surface area contributed by atoms with E-state index in [9.17, 15) is 0 Å². The number of para-hydroxylation sites is 3. The van der Waals surface area contributed by atoms with Gasteiger partial charge in [0.05, 0.1) is 11.0 Å². The molecule has 4 aromatic heterocycles. The van der Waals surface area contributed by atoms with Crippen molar-refractivity contribution >= 4 is 150 Å².